The molecule has 6 nitrogen and oxygen atoms in total. The van der Waals surface area contributed by atoms with Crippen LogP contribution in [-0.2, 0) is 29.0 Å². The number of benzene rings is 3. The van der Waals surface area contributed by atoms with Crippen LogP contribution < -0.4 is 14.8 Å². The second-order valence-corrected chi connectivity index (χ2v) is 9.34. The van der Waals surface area contributed by atoms with E-state index >= 15 is 0 Å². The van der Waals surface area contributed by atoms with Gasteiger partial charge in [-0.2, -0.15) is 0 Å². The van der Waals surface area contributed by atoms with Gasteiger partial charge in [0.1, 0.15) is 6.04 Å². The third-order valence-electron chi connectivity index (χ3n) is 6.10. The highest BCUT2D eigenvalue weighted by Crippen LogP contribution is 2.29. The van der Waals surface area contributed by atoms with Crippen molar-refractivity contribution < 1.29 is 19.1 Å². The van der Waals surface area contributed by atoms with Crippen molar-refractivity contribution in [3.8, 4) is 11.5 Å². The van der Waals surface area contributed by atoms with E-state index in [0.717, 1.165) is 16.7 Å². The lowest BCUT2D eigenvalue weighted by Crippen LogP contribution is -2.50. The molecule has 7 heteroatoms. The third-order valence-corrected chi connectivity index (χ3v) is 6.33. The summed E-state index contributed by atoms with van der Waals surface area (Å²) < 4.78 is 11.4. The first kappa shape index (κ1) is 29.1. The molecular weight excluding hydrogens is 500 g/mol. The SMILES string of the molecule is CCNC(=O)[C@@H](Cc1ccccc1)N(Cc1cccc(Cl)c1)C(=O)CCc1ccc(OCC)c(OCC)c1. The van der Waals surface area contributed by atoms with Gasteiger partial charge in [0.05, 0.1) is 13.2 Å². The van der Waals surface area contributed by atoms with Gasteiger partial charge in [0, 0.05) is 31.0 Å². The van der Waals surface area contributed by atoms with Crippen LogP contribution in [0.25, 0.3) is 0 Å². The predicted molar refractivity (Wildman–Crippen MR) is 152 cm³/mol. The van der Waals surface area contributed by atoms with Crippen LogP contribution in [0.2, 0.25) is 5.02 Å². The van der Waals surface area contributed by atoms with Gasteiger partial charge in [-0.05, 0) is 68.1 Å². The number of hydrogen-bond acceptors (Lipinski definition) is 4. The topological polar surface area (TPSA) is 67.9 Å². The average Bonchev–Trinajstić information content (AvgIpc) is 2.91. The van der Waals surface area contributed by atoms with E-state index in [2.05, 4.69) is 5.32 Å². The van der Waals surface area contributed by atoms with Crippen molar-refractivity contribution in [2.24, 2.45) is 0 Å². The van der Waals surface area contributed by atoms with Crippen LogP contribution in [0, 0.1) is 0 Å². The van der Waals surface area contributed by atoms with Crippen molar-refractivity contribution in [2.75, 3.05) is 19.8 Å². The van der Waals surface area contributed by atoms with Crippen LogP contribution in [0.4, 0.5) is 0 Å². The largest absolute Gasteiger partial charge is 0.490 e. The number of amides is 2. The molecule has 2 amide bonds. The van der Waals surface area contributed by atoms with E-state index in [0.29, 0.717) is 49.1 Å². The standard InChI is InChI=1S/C31H37ClN2O4/c1-4-33-31(36)27(20-23-11-8-7-9-12-23)34(22-25-13-10-14-26(32)19-25)30(35)18-16-24-15-17-28(37-5-2)29(21-24)38-6-3/h7-15,17,19,21,27H,4-6,16,18,20,22H2,1-3H3,(H,33,36)/t27-/m1/s1. The second kappa shape index (κ2) is 15.0. The molecule has 0 aromatic heterocycles. The number of likely N-dealkylation sites (N-methyl/N-ethyl adjacent to an activating group) is 1. The van der Waals surface area contributed by atoms with E-state index in [1.54, 1.807) is 11.0 Å². The molecule has 1 atom stereocenters. The summed E-state index contributed by atoms with van der Waals surface area (Å²) in [6, 6.07) is 22.3. The Morgan fingerprint density at radius 1 is 0.842 bits per heavy atom. The summed E-state index contributed by atoms with van der Waals surface area (Å²) in [7, 11) is 0. The van der Waals surface area contributed by atoms with E-state index in [9.17, 15) is 9.59 Å². The number of carbonyl (C=O) groups excluding carboxylic acids is 2. The lowest BCUT2D eigenvalue weighted by Gasteiger charge is -2.31. The van der Waals surface area contributed by atoms with Gasteiger partial charge in [-0.25, -0.2) is 0 Å². The van der Waals surface area contributed by atoms with E-state index < -0.39 is 6.04 Å². The Morgan fingerprint density at radius 2 is 1.55 bits per heavy atom. The molecule has 0 bridgehead atoms. The monoisotopic (exact) mass is 536 g/mol. The third kappa shape index (κ3) is 8.52. The second-order valence-electron chi connectivity index (χ2n) is 8.90. The Balaban J connectivity index is 1.87. The zero-order chi connectivity index (χ0) is 27.3. The molecule has 1 N–H and O–H groups in total. The lowest BCUT2D eigenvalue weighted by atomic mass is 10.0. The van der Waals surface area contributed by atoms with Crippen molar-refractivity contribution in [3.63, 3.8) is 0 Å². The fourth-order valence-electron chi connectivity index (χ4n) is 4.32. The highest BCUT2D eigenvalue weighted by molar-refractivity contribution is 6.30. The molecule has 3 rings (SSSR count). The summed E-state index contributed by atoms with van der Waals surface area (Å²) in [6.45, 7) is 7.55. The normalized spacial score (nSPS) is 11.5. The van der Waals surface area contributed by atoms with Crippen LogP contribution in [-0.4, -0.2) is 42.5 Å². The molecule has 0 heterocycles. The number of nitrogens with one attached hydrogen (secondary N) is 1. The number of hydrogen-bond donors (Lipinski definition) is 1. The van der Waals surface area contributed by atoms with Gasteiger partial charge >= 0.3 is 0 Å². The summed E-state index contributed by atoms with van der Waals surface area (Å²) in [6.07, 6.45) is 1.16. The van der Waals surface area contributed by atoms with Crippen LogP contribution in [0.3, 0.4) is 0 Å². The summed E-state index contributed by atoms with van der Waals surface area (Å²) >= 11 is 6.24. The number of carbonyl (C=O) groups is 2. The molecule has 202 valence electrons. The number of halogens is 1. The molecule has 38 heavy (non-hydrogen) atoms. The Labute approximate surface area is 230 Å². The minimum Gasteiger partial charge on any atom is -0.490 e. The zero-order valence-electron chi connectivity index (χ0n) is 22.4. The predicted octanol–water partition coefficient (Wildman–Crippen LogP) is 5.85. The maximum atomic E-state index is 13.8. The zero-order valence-corrected chi connectivity index (χ0v) is 23.2. The smallest absolute Gasteiger partial charge is 0.243 e. The maximum absolute atomic E-state index is 13.8. The minimum absolute atomic E-state index is 0.107. The summed E-state index contributed by atoms with van der Waals surface area (Å²) in [5.41, 5.74) is 2.82. The molecule has 0 aliphatic heterocycles. The van der Waals surface area contributed by atoms with Crippen LogP contribution in [0.1, 0.15) is 43.9 Å². The molecule has 0 aliphatic rings. The van der Waals surface area contributed by atoms with E-state index in [1.165, 1.54) is 0 Å². The molecule has 0 aliphatic carbocycles. The van der Waals surface area contributed by atoms with Crippen molar-refractivity contribution in [1.29, 1.82) is 0 Å². The molecule has 3 aromatic carbocycles. The van der Waals surface area contributed by atoms with Crippen molar-refractivity contribution >= 4 is 23.4 Å². The minimum atomic E-state index is -0.664. The van der Waals surface area contributed by atoms with Crippen molar-refractivity contribution in [1.82, 2.24) is 10.2 Å². The first-order valence-corrected chi connectivity index (χ1v) is 13.6. The quantitative estimate of drug-likeness (QED) is 0.281. The van der Waals surface area contributed by atoms with E-state index in [-0.39, 0.29) is 24.8 Å². The number of ether oxygens (including phenoxy) is 2. The van der Waals surface area contributed by atoms with Gasteiger partial charge in [-0.15, -0.1) is 0 Å². The van der Waals surface area contributed by atoms with Crippen LogP contribution in [0.15, 0.2) is 72.8 Å². The summed E-state index contributed by atoms with van der Waals surface area (Å²) in [5.74, 6) is 1.07. The molecule has 0 spiro atoms. The van der Waals surface area contributed by atoms with Gasteiger partial charge in [0.2, 0.25) is 11.8 Å². The Hall–Kier alpha value is -3.51. The average molecular weight is 537 g/mol. The van der Waals surface area contributed by atoms with Crippen LogP contribution in [0.5, 0.6) is 11.5 Å². The number of aryl methyl sites for hydroxylation is 1. The van der Waals surface area contributed by atoms with E-state index in [4.69, 9.17) is 21.1 Å². The maximum Gasteiger partial charge on any atom is 0.243 e. The van der Waals surface area contributed by atoms with Crippen molar-refractivity contribution in [2.45, 2.75) is 52.6 Å². The highest BCUT2D eigenvalue weighted by Gasteiger charge is 2.30. The lowest BCUT2D eigenvalue weighted by molar-refractivity contribution is -0.141. The first-order valence-electron chi connectivity index (χ1n) is 13.2. The Bertz CT molecular complexity index is 1190. The van der Waals surface area contributed by atoms with Gasteiger partial charge in [0.15, 0.2) is 11.5 Å². The first-order chi connectivity index (χ1) is 18.4. The molecule has 0 saturated carbocycles. The van der Waals surface area contributed by atoms with Gasteiger partial charge in [0.25, 0.3) is 0 Å². The molecule has 3 aromatic rings. The molecule has 0 saturated heterocycles. The molecular formula is C31H37ClN2O4. The molecule has 0 fully saturated rings. The van der Waals surface area contributed by atoms with Gasteiger partial charge in [-0.1, -0.05) is 60.1 Å². The Kier molecular flexibility index (Phi) is 11.5. The van der Waals surface area contributed by atoms with Gasteiger partial charge < -0.3 is 19.7 Å². The van der Waals surface area contributed by atoms with Gasteiger partial charge in [-0.3, -0.25) is 9.59 Å². The summed E-state index contributed by atoms with van der Waals surface area (Å²) in [4.78, 5) is 28.7. The highest BCUT2D eigenvalue weighted by atomic mass is 35.5. The molecule has 0 unspecified atom stereocenters. The van der Waals surface area contributed by atoms with E-state index in [1.807, 2.05) is 87.5 Å². The van der Waals surface area contributed by atoms with Crippen molar-refractivity contribution in [3.05, 3.63) is 94.5 Å². The molecule has 0 radical (unpaired) electrons. The Morgan fingerprint density at radius 3 is 2.24 bits per heavy atom. The summed E-state index contributed by atoms with van der Waals surface area (Å²) in [5, 5.41) is 3.51. The fraction of sp³-hybridized carbons (Fsp3) is 0.355. The number of nitrogens with zero attached hydrogens (tertiary/aromatic N) is 1. The van der Waals surface area contributed by atoms with Crippen LogP contribution >= 0.6 is 11.6 Å². The number of rotatable bonds is 14. The fourth-order valence-corrected chi connectivity index (χ4v) is 4.54.